The molecule has 26 heavy (non-hydrogen) atoms. The van der Waals surface area contributed by atoms with Crippen LogP contribution in [-0.4, -0.2) is 20.9 Å². The molecular formula is C20H20N4O2. The molecule has 0 unspecified atom stereocenters. The highest BCUT2D eigenvalue weighted by molar-refractivity contribution is 5.92. The lowest BCUT2D eigenvalue weighted by Crippen LogP contribution is -2.24. The number of carbonyl (C=O) groups excluding carboxylic acids is 1. The Kier molecular flexibility index (Phi) is 5.22. The summed E-state index contributed by atoms with van der Waals surface area (Å²) in [5.74, 6) is 1.52. The van der Waals surface area contributed by atoms with Crippen LogP contribution in [-0.2, 0) is 6.54 Å². The minimum atomic E-state index is -0.260. The topological polar surface area (TPSA) is 77.0 Å². The van der Waals surface area contributed by atoms with Crippen LogP contribution in [0.2, 0.25) is 0 Å². The third kappa shape index (κ3) is 4.22. The van der Waals surface area contributed by atoms with Crippen molar-refractivity contribution in [3.8, 4) is 11.6 Å². The second-order valence-corrected chi connectivity index (χ2v) is 5.96. The molecule has 0 saturated heterocycles. The molecule has 1 N–H and O–H groups in total. The Hall–Kier alpha value is -3.28. The van der Waals surface area contributed by atoms with Gasteiger partial charge in [0.1, 0.15) is 17.3 Å². The maximum absolute atomic E-state index is 12.4. The van der Waals surface area contributed by atoms with Gasteiger partial charge in [0.25, 0.3) is 5.91 Å². The number of carbonyl (C=O) groups is 1. The largest absolute Gasteiger partial charge is 0.438 e. The molecule has 132 valence electrons. The first-order valence-corrected chi connectivity index (χ1v) is 8.31. The van der Waals surface area contributed by atoms with Crippen molar-refractivity contribution >= 4 is 5.91 Å². The fourth-order valence-electron chi connectivity index (χ4n) is 2.52. The van der Waals surface area contributed by atoms with Crippen LogP contribution in [0.25, 0.3) is 0 Å². The molecule has 0 spiro atoms. The number of hydrogen-bond donors (Lipinski definition) is 1. The lowest BCUT2D eigenvalue weighted by atomic mass is 10.2. The Bertz CT molecular complexity index is 920. The van der Waals surface area contributed by atoms with Gasteiger partial charge in [0.05, 0.1) is 0 Å². The first-order valence-electron chi connectivity index (χ1n) is 8.31. The molecule has 2 aromatic heterocycles. The van der Waals surface area contributed by atoms with Gasteiger partial charge in [0.15, 0.2) is 0 Å². The molecule has 6 heteroatoms. The van der Waals surface area contributed by atoms with Crippen molar-refractivity contribution in [2.45, 2.75) is 27.3 Å². The normalized spacial score (nSPS) is 10.4. The van der Waals surface area contributed by atoms with Crippen LogP contribution in [0, 0.1) is 20.8 Å². The average Bonchev–Trinajstić information content (AvgIpc) is 2.62. The summed E-state index contributed by atoms with van der Waals surface area (Å²) < 4.78 is 5.93. The lowest BCUT2D eigenvalue weighted by Gasteiger charge is -2.12. The Balaban J connectivity index is 1.74. The molecule has 2 heterocycles. The van der Waals surface area contributed by atoms with Crippen LogP contribution in [0.4, 0.5) is 0 Å². The molecule has 6 nitrogen and oxygen atoms in total. The predicted molar refractivity (Wildman–Crippen MR) is 98.2 cm³/mol. The van der Waals surface area contributed by atoms with Gasteiger partial charge in [0, 0.05) is 24.0 Å². The van der Waals surface area contributed by atoms with Gasteiger partial charge in [-0.05, 0) is 44.5 Å². The van der Waals surface area contributed by atoms with Crippen molar-refractivity contribution in [1.82, 2.24) is 20.3 Å². The molecule has 3 rings (SSSR count). The highest BCUT2D eigenvalue weighted by Gasteiger charge is 2.12. The number of aromatic nitrogens is 3. The maximum Gasteiger partial charge on any atom is 0.270 e. The standard InChI is InChI=1S/C20H20N4O2/c1-13-7-4-5-9-18(13)26-20-16(8-6-10-21-20)12-22-19(25)17-11-14(2)23-15(3)24-17/h4-11H,12H2,1-3H3,(H,22,25). The molecular weight excluding hydrogens is 328 g/mol. The quantitative estimate of drug-likeness (QED) is 0.763. The molecule has 0 aliphatic carbocycles. The van der Waals surface area contributed by atoms with Crippen LogP contribution < -0.4 is 10.1 Å². The zero-order valence-corrected chi connectivity index (χ0v) is 15.0. The summed E-state index contributed by atoms with van der Waals surface area (Å²) in [6.07, 6.45) is 1.66. The van der Waals surface area contributed by atoms with E-state index in [4.69, 9.17) is 4.74 Å². The Labute approximate surface area is 152 Å². The number of pyridine rings is 1. The number of rotatable bonds is 5. The van der Waals surface area contributed by atoms with Crippen LogP contribution in [0.3, 0.4) is 0 Å². The van der Waals surface area contributed by atoms with Crippen LogP contribution in [0.1, 0.15) is 33.1 Å². The second kappa shape index (κ2) is 7.74. The molecule has 3 aromatic rings. The minimum absolute atomic E-state index is 0.260. The van der Waals surface area contributed by atoms with Crippen LogP contribution >= 0.6 is 0 Å². The van der Waals surface area contributed by atoms with E-state index in [1.807, 2.05) is 50.2 Å². The van der Waals surface area contributed by atoms with Gasteiger partial charge >= 0.3 is 0 Å². The van der Waals surface area contributed by atoms with E-state index in [1.165, 1.54) is 0 Å². The first-order chi connectivity index (χ1) is 12.5. The van der Waals surface area contributed by atoms with Crippen molar-refractivity contribution in [1.29, 1.82) is 0 Å². The highest BCUT2D eigenvalue weighted by atomic mass is 16.5. The van der Waals surface area contributed by atoms with Gasteiger partial charge < -0.3 is 10.1 Å². The molecule has 0 radical (unpaired) electrons. The molecule has 1 aromatic carbocycles. The van der Waals surface area contributed by atoms with Crippen molar-refractivity contribution < 1.29 is 9.53 Å². The van der Waals surface area contributed by atoms with Gasteiger partial charge in [-0.1, -0.05) is 24.3 Å². The third-order valence-corrected chi connectivity index (χ3v) is 3.79. The van der Waals surface area contributed by atoms with E-state index in [-0.39, 0.29) is 12.5 Å². The summed E-state index contributed by atoms with van der Waals surface area (Å²) in [6, 6.07) is 13.1. The molecule has 0 fully saturated rings. The number of nitrogens with zero attached hydrogens (tertiary/aromatic N) is 3. The zero-order chi connectivity index (χ0) is 18.5. The van der Waals surface area contributed by atoms with E-state index in [9.17, 15) is 4.79 Å². The Morgan fingerprint density at radius 2 is 1.88 bits per heavy atom. The molecule has 0 atom stereocenters. The molecule has 1 amide bonds. The SMILES string of the molecule is Cc1cc(C(=O)NCc2cccnc2Oc2ccccc2C)nc(C)n1. The smallest absolute Gasteiger partial charge is 0.270 e. The number of ether oxygens (including phenoxy) is 1. The van der Waals surface area contributed by atoms with Gasteiger partial charge in [-0.3, -0.25) is 4.79 Å². The zero-order valence-electron chi connectivity index (χ0n) is 15.0. The minimum Gasteiger partial charge on any atom is -0.438 e. The summed E-state index contributed by atoms with van der Waals surface area (Å²) >= 11 is 0. The van der Waals surface area contributed by atoms with Gasteiger partial charge in [-0.25, -0.2) is 15.0 Å². The van der Waals surface area contributed by atoms with Crippen molar-refractivity contribution in [3.05, 3.63) is 77.0 Å². The van der Waals surface area contributed by atoms with E-state index in [2.05, 4.69) is 20.3 Å². The first kappa shape index (κ1) is 17.5. The molecule has 0 aliphatic heterocycles. The fourth-order valence-corrected chi connectivity index (χ4v) is 2.52. The van der Waals surface area contributed by atoms with E-state index >= 15 is 0 Å². The molecule has 0 aliphatic rings. The third-order valence-electron chi connectivity index (χ3n) is 3.79. The van der Waals surface area contributed by atoms with E-state index in [0.717, 1.165) is 22.6 Å². The molecule has 0 saturated carbocycles. The number of amides is 1. The number of benzene rings is 1. The van der Waals surface area contributed by atoms with Crippen LogP contribution in [0.5, 0.6) is 11.6 Å². The average molecular weight is 348 g/mol. The highest BCUT2D eigenvalue weighted by Crippen LogP contribution is 2.25. The van der Waals surface area contributed by atoms with E-state index in [0.29, 0.717) is 17.4 Å². The van der Waals surface area contributed by atoms with Gasteiger partial charge in [-0.15, -0.1) is 0 Å². The lowest BCUT2D eigenvalue weighted by molar-refractivity contribution is 0.0945. The number of hydrogen-bond acceptors (Lipinski definition) is 5. The number of nitrogens with one attached hydrogen (secondary N) is 1. The predicted octanol–water partition coefficient (Wildman–Crippen LogP) is 3.52. The number of para-hydroxylation sites is 1. The van der Waals surface area contributed by atoms with Gasteiger partial charge in [-0.2, -0.15) is 0 Å². The summed E-state index contributed by atoms with van der Waals surface area (Å²) in [7, 11) is 0. The maximum atomic E-state index is 12.4. The summed E-state index contributed by atoms with van der Waals surface area (Å²) in [5, 5.41) is 2.86. The monoisotopic (exact) mass is 348 g/mol. The second-order valence-electron chi connectivity index (χ2n) is 5.96. The van der Waals surface area contributed by atoms with Gasteiger partial charge in [0.2, 0.25) is 5.88 Å². The Morgan fingerprint density at radius 3 is 2.65 bits per heavy atom. The Morgan fingerprint density at radius 1 is 1.08 bits per heavy atom. The van der Waals surface area contributed by atoms with Crippen molar-refractivity contribution in [2.75, 3.05) is 0 Å². The van der Waals surface area contributed by atoms with E-state index in [1.54, 1.807) is 19.2 Å². The van der Waals surface area contributed by atoms with Crippen molar-refractivity contribution in [3.63, 3.8) is 0 Å². The van der Waals surface area contributed by atoms with Crippen LogP contribution in [0.15, 0.2) is 48.7 Å². The summed E-state index contributed by atoms with van der Waals surface area (Å²) in [4.78, 5) is 25.0. The summed E-state index contributed by atoms with van der Waals surface area (Å²) in [6.45, 7) is 5.86. The van der Waals surface area contributed by atoms with Crippen molar-refractivity contribution in [2.24, 2.45) is 0 Å². The molecule has 0 bridgehead atoms. The fraction of sp³-hybridized carbons (Fsp3) is 0.200. The van der Waals surface area contributed by atoms with E-state index < -0.39 is 0 Å². The summed E-state index contributed by atoms with van der Waals surface area (Å²) in [5.41, 5.74) is 2.90. The number of aryl methyl sites for hydroxylation is 3.